The number of aromatic nitrogens is 3. The van der Waals surface area contributed by atoms with E-state index in [1.165, 1.54) is 0 Å². The van der Waals surface area contributed by atoms with Crippen molar-refractivity contribution in [1.82, 2.24) is 25.0 Å². The highest BCUT2D eigenvalue weighted by Gasteiger charge is 2.30. The highest BCUT2D eigenvalue weighted by atomic mass is 16.2. The first-order valence-electron chi connectivity index (χ1n) is 11.1. The molecule has 0 spiro atoms. The smallest absolute Gasteiger partial charge is 0.253 e. The molecule has 1 aromatic carbocycles. The molecule has 0 aliphatic heterocycles. The monoisotopic (exact) mass is 433 g/mol. The Morgan fingerprint density at radius 2 is 1.81 bits per heavy atom. The van der Waals surface area contributed by atoms with Crippen LogP contribution in [-0.2, 0) is 12.1 Å². The molecule has 0 radical (unpaired) electrons. The van der Waals surface area contributed by atoms with Crippen LogP contribution in [0.5, 0.6) is 0 Å². The second-order valence-corrected chi connectivity index (χ2v) is 9.81. The Bertz CT molecular complexity index is 1180. The number of pyridine rings is 1. The lowest BCUT2D eigenvalue weighted by molar-refractivity contribution is 0.0827. The number of hydrogen-bond acceptors (Lipinski definition) is 4. The van der Waals surface area contributed by atoms with Crippen LogP contribution in [0, 0.1) is 6.92 Å². The lowest BCUT2D eigenvalue weighted by Crippen LogP contribution is -2.25. The maximum atomic E-state index is 13.3. The van der Waals surface area contributed by atoms with E-state index in [1.54, 1.807) is 31.1 Å². The van der Waals surface area contributed by atoms with Crippen LogP contribution >= 0.6 is 0 Å². The average Bonchev–Trinajstić information content (AvgIpc) is 3.54. The fourth-order valence-electron chi connectivity index (χ4n) is 3.84. The summed E-state index contributed by atoms with van der Waals surface area (Å²) >= 11 is 0. The van der Waals surface area contributed by atoms with E-state index in [2.05, 4.69) is 26.1 Å². The van der Waals surface area contributed by atoms with E-state index in [0.717, 1.165) is 40.8 Å². The summed E-state index contributed by atoms with van der Waals surface area (Å²) in [5, 5.41) is 8.58. The molecule has 1 N–H and O–H groups in total. The van der Waals surface area contributed by atoms with Gasteiger partial charge in [0.2, 0.25) is 0 Å². The molecule has 7 nitrogen and oxygen atoms in total. The van der Waals surface area contributed by atoms with Crippen molar-refractivity contribution in [2.75, 3.05) is 14.1 Å². The van der Waals surface area contributed by atoms with E-state index < -0.39 is 0 Å². The topological polar surface area (TPSA) is 80.1 Å². The zero-order valence-corrected chi connectivity index (χ0v) is 19.7. The van der Waals surface area contributed by atoms with Gasteiger partial charge in [-0.15, -0.1) is 0 Å². The molecule has 0 atom stereocenters. The lowest BCUT2D eigenvalue weighted by atomic mass is 10.1. The van der Waals surface area contributed by atoms with E-state index >= 15 is 0 Å². The van der Waals surface area contributed by atoms with Gasteiger partial charge in [0.25, 0.3) is 11.8 Å². The van der Waals surface area contributed by atoms with E-state index in [-0.39, 0.29) is 17.4 Å². The summed E-state index contributed by atoms with van der Waals surface area (Å²) in [7, 11) is 3.46. The second kappa shape index (κ2) is 8.04. The minimum Gasteiger partial charge on any atom is -0.348 e. The zero-order chi connectivity index (χ0) is 23.2. The minimum absolute atomic E-state index is 0.0429. The first-order valence-corrected chi connectivity index (χ1v) is 11.1. The first-order chi connectivity index (χ1) is 15.1. The number of carbonyl (C=O) groups is 2. The summed E-state index contributed by atoms with van der Waals surface area (Å²) in [6.45, 7) is 8.59. The molecule has 2 aromatic heterocycles. The van der Waals surface area contributed by atoms with Crippen molar-refractivity contribution in [1.29, 1.82) is 0 Å². The summed E-state index contributed by atoms with van der Waals surface area (Å²) in [4.78, 5) is 31.8. The molecule has 4 rings (SSSR count). The van der Waals surface area contributed by atoms with Gasteiger partial charge in [-0.05, 0) is 64.3 Å². The molecule has 1 aliphatic carbocycles. The number of amides is 2. The molecule has 2 amide bonds. The van der Waals surface area contributed by atoms with Crippen molar-refractivity contribution in [2.24, 2.45) is 0 Å². The maximum absolute atomic E-state index is 13.3. The molecule has 0 saturated heterocycles. The summed E-state index contributed by atoms with van der Waals surface area (Å²) < 4.78 is 1.93. The Morgan fingerprint density at radius 1 is 1.16 bits per heavy atom. The predicted molar refractivity (Wildman–Crippen MR) is 125 cm³/mol. The number of fused-ring (bicyclic) bond motifs is 1. The summed E-state index contributed by atoms with van der Waals surface area (Å²) in [6, 6.07) is 9.26. The van der Waals surface area contributed by atoms with Crippen LogP contribution in [0.2, 0.25) is 0 Å². The summed E-state index contributed by atoms with van der Waals surface area (Å²) in [5.74, 6) is 0.249. The summed E-state index contributed by atoms with van der Waals surface area (Å²) in [6.07, 6.45) is 2.22. The number of benzene rings is 1. The van der Waals surface area contributed by atoms with Crippen LogP contribution in [0.4, 0.5) is 0 Å². The third kappa shape index (κ3) is 4.24. The normalized spacial score (nSPS) is 13.9. The van der Waals surface area contributed by atoms with Crippen molar-refractivity contribution >= 4 is 22.8 Å². The van der Waals surface area contributed by atoms with Gasteiger partial charge < -0.3 is 10.2 Å². The Balaban J connectivity index is 1.62. The Kier molecular flexibility index (Phi) is 5.53. The molecule has 0 bridgehead atoms. The molecule has 0 unspecified atom stereocenters. The predicted octanol–water partition coefficient (Wildman–Crippen LogP) is 4.00. The molecule has 7 heteroatoms. The van der Waals surface area contributed by atoms with Gasteiger partial charge in [-0.25, -0.2) is 9.67 Å². The van der Waals surface area contributed by atoms with Crippen LogP contribution in [0.25, 0.3) is 11.0 Å². The molecule has 3 aromatic rings. The highest BCUT2D eigenvalue weighted by molar-refractivity contribution is 6.06. The van der Waals surface area contributed by atoms with Crippen molar-refractivity contribution < 1.29 is 9.59 Å². The molecule has 1 aliphatic rings. The minimum atomic E-state index is -0.235. The number of rotatable bonds is 5. The number of carbonyl (C=O) groups excluding carboxylic acids is 2. The second-order valence-electron chi connectivity index (χ2n) is 9.81. The van der Waals surface area contributed by atoms with E-state index in [9.17, 15) is 9.59 Å². The molecule has 32 heavy (non-hydrogen) atoms. The van der Waals surface area contributed by atoms with E-state index in [1.807, 2.05) is 29.8 Å². The van der Waals surface area contributed by atoms with Crippen LogP contribution in [-0.4, -0.2) is 45.6 Å². The van der Waals surface area contributed by atoms with Crippen LogP contribution < -0.4 is 5.32 Å². The molecule has 1 saturated carbocycles. The molecule has 2 heterocycles. The van der Waals surface area contributed by atoms with Crippen molar-refractivity contribution in [3.63, 3.8) is 0 Å². The van der Waals surface area contributed by atoms with Gasteiger partial charge in [0.1, 0.15) is 0 Å². The van der Waals surface area contributed by atoms with Crippen molar-refractivity contribution in [2.45, 2.75) is 58.5 Å². The number of nitrogens with one attached hydrogen (secondary N) is 1. The third-order valence-electron chi connectivity index (χ3n) is 5.77. The Hall–Kier alpha value is -3.22. The van der Waals surface area contributed by atoms with Crippen molar-refractivity contribution in [3.8, 4) is 0 Å². The van der Waals surface area contributed by atoms with Crippen molar-refractivity contribution in [3.05, 3.63) is 58.4 Å². The van der Waals surface area contributed by atoms with E-state index in [4.69, 9.17) is 10.1 Å². The lowest BCUT2D eigenvalue weighted by Gasteiger charge is -2.20. The SMILES string of the molecule is Cc1nn(C(C)(C)C)c2nc(C3CC3)cc(C(=O)NCc3ccc(C(=O)N(C)C)cc3)c12. The Morgan fingerprint density at radius 3 is 2.38 bits per heavy atom. The molecular formula is C25H31N5O2. The maximum Gasteiger partial charge on any atom is 0.253 e. The molecular weight excluding hydrogens is 402 g/mol. The summed E-state index contributed by atoms with van der Waals surface area (Å²) in [5.41, 5.74) is 4.51. The van der Waals surface area contributed by atoms with Gasteiger partial charge in [0.05, 0.1) is 22.2 Å². The van der Waals surface area contributed by atoms with Gasteiger partial charge in [-0.2, -0.15) is 5.10 Å². The van der Waals surface area contributed by atoms with Gasteiger partial charge in [-0.3, -0.25) is 9.59 Å². The Labute approximate surface area is 188 Å². The fourth-order valence-corrected chi connectivity index (χ4v) is 3.84. The van der Waals surface area contributed by atoms with Gasteiger partial charge >= 0.3 is 0 Å². The third-order valence-corrected chi connectivity index (χ3v) is 5.77. The van der Waals surface area contributed by atoms with Gasteiger partial charge in [0, 0.05) is 37.8 Å². The van der Waals surface area contributed by atoms with Crippen LogP contribution in [0.3, 0.4) is 0 Å². The fraction of sp³-hybridized carbons (Fsp3) is 0.440. The number of hydrogen-bond donors (Lipinski definition) is 1. The molecule has 1 fully saturated rings. The quantitative estimate of drug-likeness (QED) is 0.659. The van der Waals surface area contributed by atoms with Crippen LogP contribution in [0.15, 0.2) is 30.3 Å². The van der Waals surface area contributed by atoms with Gasteiger partial charge in [0.15, 0.2) is 5.65 Å². The number of aryl methyl sites for hydroxylation is 1. The standard InChI is InChI=1S/C25H31N5O2/c1-15-21-19(13-20(17-11-12-17)27-22(21)30(28-15)25(2,3)4)23(31)26-14-16-7-9-18(10-8-16)24(32)29(5)6/h7-10,13,17H,11-12,14H2,1-6H3,(H,26,31). The average molecular weight is 434 g/mol. The highest BCUT2D eigenvalue weighted by Crippen LogP contribution is 2.41. The van der Waals surface area contributed by atoms with E-state index in [0.29, 0.717) is 23.6 Å². The number of nitrogens with zero attached hydrogens (tertiary/aromatic N) is 4. The molecule has 168 valence electrons. The zero-order valence-electron chi connectivity index (χ0n) is 19.7. The first kappa shape index (κ1) is 22.0. The van der Waals surface area contributed by atoms with Crippen LogP contribution in [0.1, 0.15) is 77.2 Å². The van der Waals surface area contributed by atoms with Gasteiger partial charge in [-0.1, -0.05) is 12.1 Å². The largest absolute Gasteiger partial charge is 0.348 e.